The van der Waals surface area contributed by atoms with Crippen LogP contribution in [0.3, 0.4) is 0 Å². The standard InChI is InChI=1S/C19H19F2N5O3/c20-10-1-2-11(21)9(5-10)6-23-19(29)16-15-13(7-22-16)24-8-25-18(15)26-12-3-4-14(27)17(12)28/h1-2,5,8,12,14,17,27-28H,3-4,6-7H2,(H,23,29)(H,24,25,26)/t12-,14-,17+/m0/s1. The Labute approximate surface area is 164 Å². The van der Waals surface area contributed by atoms with Gasteiger partial charge in [0.15, 0.2) is 0 Å². The zero-order chi connectivity index (χ0) is 20.5. The first kappa shape index (κ1) is 19.3. The van der Waals surface area contributed by atoms with Crippen molar-refractivity contribution < 1.29 is 23.8 Å². The molecule has 2 aromatic rings. The summed E-state index contributed by atoms with van der Waals surface area (Å²) in [7, 11) is 0. The van der Waals surface area contributed by atoms with Gasteiger partial charge in [-0.2, -0.15) is 0 Å². The number of fused-ring (bicyclic) bond motifs is 1. The van der Waals surface area contributed by atoms with Crippen LogP contribution < -0.4 is 10.6 Å². The van der Waals surface area contributed by atoms with E-state index in [0.29, 0.717) is 29.9 Å². The molecule has 4 rings (SSSR count). The van der Waals surface area contributed by atoms with E-state index in [1.165, 1.54) is 6.33 Å². The minimum atomic E-state index is -0.952. The number of aliphatic imine (C=N–C) groups is 1. The Kier molecular flexibility index (Phi) is 5.20. The molecule has 0 bridgehead atoms. The van der Waals surface area contributed by atoms with Crippen molar-refractivity contribution in [3.05, 3.63) is 53.0 Å². The van der Waals surface area contributed by atoms with Gasteiger partial charge in [0.1, 0.15) is 29.5 Å². The van der Waals surface area contributed by atoms with E-state index in [1.54, 1.807) is 0 Å². The summed E-state index contributed by atoms with van der Waals surface area (Å²) in [5, 5.41) is 25.4. The Hall–Kier alpha value is -2.98. The van der Waals surface area contributed by atoms with E-state index < -0.39 is 35.8 Å². The molecule has 1 aromatic heterocycles. The molecule has 0 saturated heterocycles. The lowest BCUT2D eigenvalue weighted by Gasteiger charge is -2.20. The number of aromatic nitrogens is 2. The van der Waals surface area contributed by atoms with E-state index in [1.807, 2.05) is 0 Å². The summed E-state index contributed by atoms with van der Waals surface area (Å²) in [6.07, 6.45) is 0.551. The van der Waals surface area contributed by atoms with Gasteiger partial charge in [-0.15, -0.1) is 0 Å². The lowest BCUT2D eigenvalue weighted by atomic mass is 10.1. The van der Waals surface area contributed by atoms with Crippen molar-refractivity contribution in [3.63, 3.8) is 0 Å². The van der Waals surface area contributed by atoms with Crippen LogP contribution in [0.5, 0.6) is 0 Å². The summed E-state index contributed by atoms with van der Waals surface area (Å²) in [6.45, 7) is -0.0276. The molecule has 8 nitrogen and oxygen atoms in total. The third-order valence-electron chi connectivity index (χ3n) is 5.11. The number of carbonyl (C=O) groups excluding carboxylic acids is 1. The van der Waals surface area contributed by atoms with E-state index >= 15 is 0 Å². The molecule has 4 N–H and O–H groups in total. The van der Waals surface area contributed by atoms with E-state index in [0.717, 1.165) is 18.2 Å². The van der Waals surface area contributed by atoms with Gasteiger partial charge >= 0.3 is 0 Å². The van der Waals surface area contributed by atoms with Crippen LogP contribution in [0.1, 0.15) is 29.7 Å². The lowest BCUT2D eigenvalue weighted by Crippen LogP contribution is -2.36. The summed E-state index contributed by atoms with van der Waals surface area (Å²) in [6, 6.07) is 2.59. The van der Waals surface area contributed by atoms with Crippen LogP contribution in [0.2, 0.25) is 0 Å². The minimum Gasteiger partial charge on any atom is -0.390 e. The highest BCUT2D eigenvalue weighted by molar-refractivity contribution is 6.47. The predicted octanol–water partition coefficient (Wildman–Crippen LogP) is 0.670. The second-order valence-corrected chi connectivity index (χ2v) is 7.01. The van der Waals surface area contributed by atoms with Gasteiger partial charge in [0.25, 0.3) is 5.91 Å². The van der Waals surface area contributed by atoms with E-state index in [-0.39, 0.29) is 24.4 Å². The molecule has 1 aliphatic heterocycles. The van der Waals surface area contributed by atoms with Crippen LogP contribution in [-0.2, 0) is 17.9 Å². The molecule has 0 radical (unpaired) electrons. The molecule has 0 unspecified atom stereocenters. The number of benzene rings is 1. The zero-order valence-corrected chi connectivity index (χ0v) is 15.3. The monoisotopic (exact) mass is 403 g/mol. The number of aliphatic hydroxyl groups excluding tert-OH is 2. The van der Waals surface area contributed by atoms with Crippen molar-refractivity contribution in [1.29, 1.82) is 0 Å². The van der Waals surface area contributed by atoms with Crippen molar-refractivity contribution in [3.8, 4) is 0 Å². The first-order valence-electron chi connectivity index (χ1n) is 9.17. The highest BCUT2D eigenvalue weighted by Gasteiger charge is 2.35. The Bertz CT molecular complexity index is 984. The van der Waals surface area contributed by atoms with Crippen LogP contribution >= 0.6 is 0 Å². The van der Waals surface area contributed by atoms with Crippen molar-refractivity contribution in [1.82, 2.24) is 15.3 Å². The van der Waals surface area contributed by atoms with Gasteiger partial charge in [-0.05, 0) is 31.0 Å². The quantitative estimate of drug-likeness (QED) is 0.583. The SMILES string of the molecule is O=C(NCc1cc(F)ccc1F)C1=NCc2ncnc(N[C@H]3CC[C@H](O)[C@@H]3O)c21. The number of aliphatic hydroxyl groups is 2. The number of rotatable bonds is 5. The summed E-state index contributed by atoms with van der Waals surface area (Å²) in [4.78, 5) is 25.2. The maximum atomic E-state index is 13.8. The van der Waals surface area contributed by atoms with E-state index in [4.69, 9.17) is 0 Å². The van der Waals surface area contributed by atoms with Gasteiger partial charge in [-0.3, -0.25) is 9.79 Å². The molecule has 1 aliphatic carbocycles. The number of nitrogens with zero attached hydrogens (tertiary/aromatic N) is 3. The summed E-state index contributed by atoms with van der Waals surface area (Å²) < 4.78 is 27.1. The van der Waals surface area contributed by atoms with Crippen LogP contribution in [0.4, 0.5) is 14.6 Å². The maximum Gasteiger partial charge on any atom is 0.270 e. The number of anilines is 1. The molecule has 2 aliphatic rings. The Morgan fingerprint density at radius 1 is 1.21 bits per heavy atom. The summed E-state index contributed by atoms with van der Waals surface area (Å²) in [5.41, 5.74) is 1.03. The first-order valence-corrected chi connectivity index (χ1v) is 9.17. The van der Waals surface area contributed by atoms with Crippen molar-refractivity contribution in [2.45, 2.75) is 44.2 Å². The third kappa shape index (κ3) is 3.81. The van der Waals surface area contributed by atoms with Gasteiger partial charge in [0, 0.05) is 12.1 Å². The highest BCUT2D eigenvalue weighted by atomic mass is 19.1. The number of carbonyl (C=O) groups is 1. The van der Waals surface area contributed by atoms with Crippen molar-refractivity contribution >= 4 is 17.4 Å². The molecule has 1 fully saturated rings. The largest absolute Gasteiger partial charge is 0.390 e. The maximum absolute atomic E-state index is 13.8. The first-order chi connectivity index (χ1) is 13.9. The molecule has 0 spiro atoms. The smallest absolute Gasteiger partial charge is 0.270 e. The fourth-order valence-corrected chi connectivity index (χ4v) is 3.55. The van der Waals surface area contributed by atoms with Crippen molar-refractivity contribution in [2.75, 3.05) is 5.32 Å². The molecule has 29 heavy (non-hydrogen) atoms. The fourth-order valence-electron chi connectivity index (χ4n) is 3.55. The molecule has 2 heterocycles. The second-order valence-electron chi connectivity index (χ2n) is 7.01. The molecule has 152 valence electrons. The summed E-state index contributed by atoms with van der Waals surface area (Å²) in [5.74, 6) is -1.47. The zero-order valence-electron chi connectivity index (χ0n) is 15.3. The average Bonchev–Trinajstić information content (AvgIpc) is 3.28. The predicted molar refractivity (Wildman–Crippen MR) is 99.1 cm³/mol. The molecular weight excluding hydrogens is 384 g/mol. The molecule has 1 amide bonds. The van der Waals surface area contributed by atoms with Crippen LogP contribution in [-0.4, -0.2) is 50.0 Å². The fraction of sp³-hybridized carbons (Fsp3) is 0.368. The topological polar surface area (TPSA) is 120 Å². The Morgan fingerprint density at radius 2 is 2.03 bits per heavy atom. The number of hydrogen-bond donors (Lipinski definition) is 4. The normalized spacial score (nSPS) is 22.9. The number of hydrogen-bond acceptors (Lipinski definition) is 7. The van der Waals surface area contributed by atoms with Gasteiger partial charge in [0.05, 0.1) is 36.1 Å². The number of nitrogens with one attached hydrogen (secondary N) is 2. The van der Waals surface area contributed by atoms with E-state index in [2.05, 4.69) is 25.6 Å². The van der Waals surface area contributed by atoms with Crippen LogP contribution in [0.25, 0.3) is 0 Å². The Balaban J connectivity index is 1.51. The average molecular weight is 403 g/mol. The molecule has 3 atom stereocenters. The molecule has 10 heteroatoms. The molecule has 1 saturated carbocycles. The molecule has 1 aromatic carbocycles. The van der Waals surface area contributed by atoms with Crippen LogP contribution in [0.15, 0.2) is 29.5 Å². The number of halogens is 2. The summed E-state index contributed by atoms with van der Waals surface area (Å²) >= 11 is 0. The van der Waals surface area contributed by atoms with Crippen LogP contribution in [0, 0.1) is 11.6 Å². The van der Waals surface area contributed by atoms with Gasteiger partial charge < -0.3 is 20.8 Å². The third-order valence-corrected chi connectivity index (χ3v) is 5.11. The Morgan fingerprint density at radius 3 is 2.79 bits per heavy atom. The van der Waals surface area contributed by atoms with Crippen molar-refractivity contribution in [2.24, 2.45) is 4.99 Å². The highest BCUT2D eigenvalue weighted by Crippen LogP contribution is 2.28. The lowest BCUT2D eigenvalue weighted by molar-refractivity contribution is -0.114. The second kappa shape index (κ2) is 7.80. The minimum absolute atomic E-state index is 0.0166. The van der Waals surface area contributed by atoms with Gasteiger partial charge in [0.2, 0.25) is 0 Å². The molecular formula is C19H19F2N5O3. The number of amides is 1. The van der Waals surface area contributed by atoms with Gasteiger partial charge in [-0.1, -0.05) is 0 Å². The van der Waals surface area contributed by atoms with E-state index in [9.17, 15) is 23.8 Å². The van der Waals surface area contributed by atoms with Gasteiger partial charge in [-0.25, -0.2) is 18.7 Å².